The molecule has 160 valence electrons. The minimum atomic E-state index is -0.323. The molecule has 4 nitrogen and oxygen atoms in total. The van der Waals surface area contributed by atoms with E-state index in [-0.39, 0.29) is 12.1 Å². The normalized spacial score (nSPS) is 15.4. The number of H-pyrrole nitrogens is 1. The second kappa shape index (κ2) is 8.19. The summed E-state index contributed by atoms with van der Waals surface area (Å²) in [7, 11) is 0. The number of para-hydroxylation sites is 3. The summed E-state index contributed by atoms with van der Waals surface area (Å²) in [4.78, 5) is 17.7. The molecular weight excluding hydrogens is 428 g/mol. The number of fused-ring (bicyclic) bond motifs is 4. The van der Waals surface area contributed by atoms with Crippen molar-refractivity contribution < 1.29 is 9.53 Å². The van der Waals surface area contributed by atoms with Crippen LogP contribution in [0.1, 0.15) is 27.7 Å². The largest absolute Gasteiger partial charge is 0.447 e. The summed E-state index contributed by atoms with van der Waals surface area (Å²) in [6.45, 7) is 0. The third-order valence-electron chi connectivity index (χ3n) is 5.78. The van der Waals surface area contributed by atoms with Crippen LogP contribution in [0.15, 0.2) is 113 Å². The highest BCUT2D eigenvalue weighted by Crippen LogP contribution is 2.43. The molecule has 2 aliphatic heterocycles. The zero-order chi connectivity index (χ0) is 22.2. The van der Waals surface area contributed by atoms with Crippen molar-refractivity contribution in [2.45, 2.75) is 15.9 Å². The zero-order valence-electron chi connectivity index (χ0n) is 17.6. The maximum atomic E-state index is 11.8. The molecule has 0 saturated carbocycles. The molecular formula is C28H20N2O2S. The summed E-state index contributed by atoms with van der Waals surface area (Å²) < 4.78 is 5.48. The van der Waals surface area contributed by atoms with Gasteiger partial charge in [0.15, 0.2) is 6.10 Å². The summed E-state index contributed by atoms with van der Waals surface area (Å²) in [5, 5.41) is 4.54. The highest BCUT2D eigenvalue weighted by atomic mass is 32.2. The van der Waals surface area contributed by atoms with Crippen molar-refractivity contribution in [3.63, 3.8) is 0 Å². The fourth-order valence-electron chi connectivity index (χ4n) is 4.19. The van der Waals surface area contributed by atoms with Crippen LogP contribution in [0.2, 0.25) is 0 Å². The van der Waals surface area contributed by atoms with Gasteiger partial charge in [-0.05, 0) is 47.9 Å². The van der Waals surface area contributed by atoms with Gasteiger partial charge in [-0.15, -0.1) is 0 Å². The maximum Gasteiger partial charge on any atom is 0.339 e. The van der Waals surface area contributed by atoms with Crippen LogP contribution in [0.5, 0.6) is 0 Å². The Kier molecular flexibility index (Phi) is 4.89. The average Bonchev–Trinajstić information content (AvgIpc) is 3.44. The van der Waals surface area contributed by atoms with Crippen molar-refractivity contribution >= 4 is 40.0 Å². The van der Waals surface area contributed by atoms with Gasteiger partial charge >= 0.3 is 5.97 Å². The molecule has 5 aromatic rings. The van der Waals surface area contributed by atoms with Gasteiger partial charge < -0.3 is 15.0 Å². The van der Waals surface area contributed by atoms with E-state index in [9.17, 15) is 4.79 Å². The second-order valence-electron chi connectivity index (χ2n) is 7.90. The number of aromatic amines is 1. The van der Waals surface area contributed by atoms with E-state index < -0.39 is 0 Å². The van der Waals surface area contributed by atoms with Crippen LogP contribution in [0.25, 0.3) is 10.9 Å². The Morgan fingerprint density at radius 2 is 1.36 bits per heavy atom. The van der Waals surface area contributed by atoms with Gasteiger partial charge in [0.25, 0.3) is 0 Å². The lowest BCUT2D eigenvalue weighted by molar-refractivity contribution is 0.0450. The van der Waals surface area contributed by atoms with E-state index in [1.54, 1.807) is 6.07 Å². The lowest BCUT2D eigenvalue weighted by atomic mass is 10.0. The van der Waals surface area contributed by atoms with Crippen molar-refractivity contribution in [3.05, 3.63) is 120 Å². The van der Waals surface area contributed by atoms with Gasteiger partial charge in [0.1, 0.15) is 0 Å². The number of hydrogen-bond donors (Lipinski definition) is 2. The second-order valence-corrected chi connectivity index (χ2v) is 8.99. The number of ether oxygens (including phenoxy) is 1. The van der Waals surface area contributed by atoms with E-state index in [0.29, 0.717) is 5.56 Å². The molecule has 0 spiro atoms. The summed E-state index contributed by atoms with van der Waals surface area (Å²) in [5.41, 5.74) is 5.97. The molecule has 0 fully saturated rings. The van der Waals surface area contributed by atoms with E-state index in [0.717, 1.165) is 22.2 Å². The monoisotopic (exact) mass is 448 g/mol. The molecule has 33 heavy (non-hydrogen) atoms. The number of anilines is 2. The van der Waals surface area contributed by atoms with Crippen LogP contribution < -0.4 is 5.32 Å². The minimum absolute atomic E-state index is 0.251. The first-order valence-electron chi connectivity index (χ1n) is 10.8. The van der Waals surface area contributed by atoms with Gasteiger partial charge in [0, 0.05) is 20.9 Å². The Hall–Kier alpha value is -3.96. The third kappa shape index (κ3) is 3.66. The van der Waals surface area contributed by atoms with Crippen LogP contribution in [0.4, 0.5) is 11.4 Å². The van der Waals surface area contributed by atoms with Crippen molar-refractivity contribution in [2.24, 2.45) is 0 Å². The molecule has 7 rings (SSSR count). The van der Waals surface area contributed by atoms with Crippen molar-refractivity contribution in [2.75, 3.05) is 5.32 Å². The summed E-state index contributed by atoms with van der Waals surface area (Å²) in [6, 6.07) is 34.4. The molecule has 0 bridgehead atoms. The van der Waals surface area contributed by atoms with Gasteiger partial charge in [0.2, 0.25) is 0 Å². The van der Waals surface area contributed by atoms with Gasteiger partial charge in [0.05, 0.1) is 22.6 Å². The first-order chi connectivity index (χ1) is 16.3. The Labute approximate surface area is 195 Å². The predicted molar refractivity (Wildman–Crippen MR) is 132 cm³/mol. The fourth-order valence-corrected chi connectivity index (χ4v) is 5.18. The number of rotatable bonds is 1. The predicted octanol–water partition coefficient (Wildman–Crippen LogP) is 7.32. The Morgan fingerprint density at radius 1 is 0.727 bits per heavy atom. The van der Waals surface area contributed by atoms with E-state index in [2.05, 4.69) is 58.8 Å². The Morgan fingerprint density at radius 3 is 2.12 bits per heavy atom. The van der Waals surface area contributed by atoms with Crippen LogP contribution in [-0.2, 0) is 4.74 Å². The molecule has 0 saturated heterocycles. The van der Waals surface area contributed by atoms with Crippen LogP contribution in [0, 0.1) is 0 Å². The number of esters is 1. The Balaban J connectivity index is 0.000000131. The molecule has 0 aliphatic carbocycles. The SMILES string of the molecule is O=C1OC(c2cc3ccccc3[nH]2)c2ccccc21.c1ccc2c(c1)Nc1ccccc1S2. The molecule has 2 N–H and O–H groups in total. The number of carbonyl (C=O) groups excluding carboxylic acids is 1. The van der Waals surface area contributed by atoms with Crippen LogP contribution in [0.3, 0.4) is 0 Å². The zero-order valence-corrected chi connectivity index (χ0v) is 18.4. The van der Waals surface area contributed by atoms with Crippen molar-refractivity contribution in [3.8, 4) is 0 Å². The molecule has 3 heterocycles. The van der Waals surface area contributed by atoms with E-state index in [1.165, 1.54) is 21.2 Å². The lowest BCUT2D eigenvalue weighted by Gasteiger charge is -2.19. The quantitative estimate of drug-likeness (QED) is 0.259. The summed E-state index contributed by atoms with van der Waals surface area (Å²) >= 11 is 1.82. The molecule has 1 unspecified atom stereocenters. The van der Waals surface area contributed by atoms with Gasteiger partial charge in [-0.25, -0.2) is 4.79 Å². The highest BCUT2D eigenvalue weighted by molar-refractivity contribution is 7.99. The third-order valence-corrected chi connectivity index (χ3v) is 6.94. The van der Waals surface area contributed by atoms with E-state index in [1.807, 2.05) is 60.3 Å². The molecule has 4 aromatic carbocycles. The highest BCUT2D eigenvalue weighted by Gasteiger charge is 2.32. The number of benzene rings is 4. The lowest BCUT2D eigenvalue weighted by Crippen LogP contribution is -2.00. The van der Waals surface area contributed by atoms with E-state index >= 15 is 0 Å². The minimum Gasteiger partial charge on any atom is -0.447 e. The van der Waals surface area contributed by atoms with E-state index in [4.69, 9.17) is 4.74 Å². The molecule has 5 heteroatoms. The number of hydrogen-bond acceptors (Lipinski definition) is 4. The molecule has 0 radical (unpaired) electrons. The van der Waals surface area contributed by atoms with Crippen molar-refractivity contribution in [1.29, 1.82) is 0 Å². The van der Waals surface area contributed by atoms with Crippen molar-refractivity contribution in [1.82, 2.24) is 4.98 Å². The van der Waals surface area contributed by atoms with Gasteiger partial charge in [-0.1, -0.05) is 72.4 Å². The van der Waals surface area contributed by atoms with Crippen LogP contribution >= 0.6 is 11.8 Å². The number of aromatic nitrogens is 1. The Bertz CT molecular complexity index is 1370. The molecule has 1 atom stereocenters. The first-order valence-corrected chi connectivity index (χ1v) is 11.6. The number of nitrogens with one attached hydrogen (secondary N) is 2. The average molecular weight is 449 g/mol. The topological polar surface area (TPSA) is 54.1 Å². The maximum absolute atomic E-state index is 11.8. The summed E-state index contributed by atoms with van der Waals surface area (Å²) in [5.74, 6) is -0.251. The first kappa shape index (κ1) is 19.7. The summed E-state index contributed by atoms with van der Waals surface area (Å²) in [6.07, 6.45) is -0.323. The van der Waals surface area contributed by atoms with Gasteiger partial charge in [-0.3, -0.25) is 0 Å². The van der Waals surface area contributed by atoms with Gasteiger partial charge in [-0.2, -0.15) is 0 Å². The molecule has 1 aromatic heterocycles. The van der Waals surface area contributed by atoms with Crippen LogP contribution in [-0.4, -0.2) is 11.0 Å². The number of cyclic esters (lactones) is 1. The standard InChI is InChI=1S/C16H11NO2.C12H9NS/c18-16-12-7-3-2-6-11(12)15(19-16)14-9-10-5-1-4-8-13(10)17-14;1-3-7-11-9(5-1)13-10-6-2-4-8-12(10)14-11/h1-9,15,17H;1-8,13H. The molecule has 0 amide bonds. The molecule has 2 aliphatic rings. The number of carbonyl (C=O) groups is 1. The fraction of sp³-hybridized carbons (Fsp3) is 0.0357. The smallest absolute Gasteiger partial charge is 0.339 e.